The highest BCUT2D eigenvalue weighted by Gasteiger charge is 2.37. The lowest BCUT2D eigenvalue weighted by molar-refractivity contribution is -0.288. The molecule has 0 aromatic heterocycles. The highest BCUT2D eigenvalue weighted by molar-refractivity contribution is 14.1. The van der Waals surface area contributed by atoms with E-state index >= 15 is 0 Å². The molecule has 1 aliphatic heterocycles. The van der Waals surface area contributed by atoms with Crippen molar-refractivity contribution in [2.45, 2.75) is 67.9 Å². The molecule has 1 heterocycles. The van der Waals surface area contributed by atoms with Gasteiger partial charge in [0.2, 0.25) is 0 Å². The van der Waals surface area contributed by atoms with Gasteiger partial charge in [-0.3, -0.25) is 9.59 Å². The number of allylic oxidation sites excluding steroid dienone is 1. The van der Waals surface area contributed by atoms with E-state index in [0.29, 0.717) is 32.1 Å². The van der Waals surface area contributed by atoms with E-state index in [9.17, 15) is 9.59 Å². The van der Waals surface area contributed by atoms with E-state index in [-0.39, 0.29) is 22.1 Å². The fraction of sp³-hybridized carbons (Fsp3) is 0.667. The number of carbonyl (C=O) groups is 2. The van der Waals surface area contributed by atoms with Crippen molar-refractivity contribution in [1.29, 1.82) is 0 Å². The molecule has 0 bridgehead atoms. The average Bonchev–Trinajstić information content (AvgIpc) is 2.54. The summed E-state index contributed by atoms with van der Waals surface area (Å²) in [5, 5.41) is 0. The number of carbonyl (C=O) groups excluding carboxylic acids is 2. The van der Waals surface area contributed by atoms with Crippen molar-refractivity contribution >= 4 is 34.8 Å². The van der Waals surface area contributed by atoms with Crippen LogP contribution in [0, 0.1) is 11.8 Å². The lowest BCUT2D eigenvalue weighted by Crippen LogP contribution is -2.47. The summed E-state index contributed by atoms with van der Waals surface area (Å²) in [5.41, 5.74) is 0. The molecule has 1 aliphatic rings. The van der Waals surface area contributed by atoms with Crippen LogP contribution in [0.15, 0.2) is 12.2 Å². The summed E-state index contributed by atoms with van der Waals surface area (Å²) in [4.78, 5) is 21.5. The maximum atomic E-state index is 11.0. The van der Waals surface area contributed by atoms with E-state index in [1.165, 1.54) is 13.2 Å². The minimum Gasteiger partial charge on any atom is -0.469 e. The Kier molecular flexibility index (Phi) is 9.56. The van der Waals surface area contributed by atoms with E-state index in [0.717, 1.165) is 6.29 Å². The maximum Gasteiger partial charge on any atom is 0.305 e. The lowest BCUT2D eigenvalue weighted by atomic mass is 10.0. The molecular formula is C18H25IO5. The molecule has 24 heavy (non-hydrogen) atoms. The van der Waals surface area contributed by atoms with Crippen LogP contribution in [0.1, 0.15) is 46.0 Å². The third kappa shape index (κ3) is 8.27. The van der Waals surface area contributed by atoms with Gasteiger partial charge < -0.3 is 14.2 Å². The molecule has 3 atom stereocenters. The second-order valence-corrected chi connectivity index (χ2v) is 7.57. The van der Waals surface area contributed by atoms with Crippen molar-refractivity contribution in [2.24, 2.45) is 0 Å². The smallest absolute Gasteiger partial charge is 0.305 e. The molecule has 1 fully saturated rings. The summed E-state index contributed by atoms with van der Waals surface area (Å²) in [5.74, 6) is 5.37. The Labute approximate surface area is 157 Å². The molecule has 1 saturated heterocycles. The van der Waals surface area contributed by atoms with Crippen LogP contribution in [-0.2, 0) is 23.8 Å². The van der Waals surface area contributed by atoms with Gasteiger partial charge in [0.25, 0.3) is 0 Å². The van der Waals surface area contributed by atoms with E-state index in [4.69, 9.17) is 9.47 Å². The van der Waals surface area contributed by atoms with Crippen molar-refractivity contribution in [3.63, 3.8) is 0 Å². The molecular weight excluding hydrogens is 423 g/mol. The van der Waals surface area contributed by atoms with Crippen molar-refractivity contribution in [1.82, 2.24) is 0 Å². The van der Waals surface area contributed by atoms with E-state index < -0.39 is 5.79 Å². The van der Waals surface area contributed by atoms with Gasteiger partial charge in [0.1, 0.15) is 6.29 Å². The van der Waals surface area contributed by atoms with Crippen LogP contribution >= 0.6 is 22.6 Å². The number of unbranched alkanes of at least 4 members (excludes halogenated alkanes) is 1. The lowest BCUT2D eigenvalue weighted by Gasteiger charge is -2.41. The Morgan fingerprint density at radius 2 is 2.17 bits per heavy atom. The van der Waals surface area contributed by atoms with Gasteiger partial charge in [0, 0.05) is 29.6 Å². The number of rotatable bonds is 7. The second kappa shape index (κ2) is 10.9. The number of alkyl halides is 1. The van der Waals surface area contributed by atoms with Crippen LogP contribution in [0.2, 0.25) is 0 Å². The van der Waals surface area contributed by atoms with Gasteiger partial charge in [-0.25, -0.2) is 0 Å². The molecule has 1 rings (SSSR count). The quantitative estimate of drug-likeness (QED) is 0.114. The third-order valence-corrected chi connectivity index (χ3v) is 4.72. The number of ether oxygens (including phenoxy) is 3. The molecule has 6 heteroatoms. The monoisotopic (exact) mass is 448 g/mol. The fourth-order valence-electron chi connectivity index (χ4n) is 2.40. The summed E-state index contributed by atoms with van der Waals surface area (Å²) in [6.45, 7) is 3.76. The van der Waals surface area contributed by atoms with E-state index in [1.807, 2.05) is 13.8 Å². The van der Waals surface area contributed by atoms with Crippen molar-refractivity contribution in [2.75, 3.05) is 7.11 Å². The summed E-state index contributed by atoms with van der Waals surface area (Å²) in [6, 6.07) is 0. The van der Waals surface area contributed by atoms with Crippen LogP contribution in [-0.4, -0.2) is 41.3 Å². The summed E-state index contributed by atoms with van der Waals surface area (Å²) in [6.07, 6.45) is 7.08. The first-order valence-electron chi connectivity index (χ1n) is 8.02. The molecule has 0 saturated carbocycles. The number of aldehydes is 1. The second-order valence-electron chi connectivity index (χ2n) is 5.97. The minimum atomic E-state index is -0.682. The topological polar surface area (TPSA) is 61.8 Å². The standard InChI is InChI=1S/C18H25IO5/c1-18(2)23-14(9-8-12-20)13-16(24-18)15(19)10-6-4-5-7-11-17(21)22-3/h8-9,12,14-16H,5,7,10-11,13H2,1-3H3/t14-,15-,16-/m0/s1. The largest absolute Gasteiger partial charge is 0.469 e. The predicted molar refractivity (Wildman–Crippen MR) is 99.7 cm³/mol. The fourth-order valence-corrected chi connectivity index (χ4v) is 3.06. The predicted octanol–water partition coefficient (Wildman–Crippen LogP) is 3.19. The Bertz CT molecular complexity index is 503. The van der Waals surface area contributed by atoms with Crippen molar-refractivity contribution < 1.29 is 23.8 Å². The van der Waals surface area contributed by atoms with Gasteiger partial charge in [-0.05, 0) is 26.3 Å². The number of halogens is 1. The molecule has 0 aromatic carbocycles. The summed E-state index contributed by atoms with van der Waals surface area (Å²) >= 11 is 2.35. The molecule has 0 radical (unpaired) electrons. The summed E-state index contributed by atoms with van der Waals surface area (Å²) in [7, 11) is 1.39. The Morgan fingerprint density at radius 3 is 2.83 bits per heavy atom. The zero-order chi connectivity index (χ0) is 18.0. The van der Waals surface area contributed by atoms with Gasteiger partial charge in [0.15, 0.2) is 5.79 Å². The number of hydrogen-bond acceptors (Lipinski definition) is 5. The molecule has 0 amide bonds. The average molecular weight is 448 g/mol. The van der Waals surface area contributed by atoms with Gasteiger partial charge in [-0.2, -0.15) is 0 Å². The zero-order valence-electron chi connectivity index (χ0n) is 14.4. The van der Waals surface area contributed by atoms with Crippen LogP contribution in [0.4, 0.5) is 0 Å². The minimum absolute atomic E-state index is 0.0139. The van der Waals surface area contributed by atoms with E-state index in [2.05, 4.69) is 39.2 Å². The first kappa shape index (κ1) is 21.1. The Hall–Kier alpha value is -0.910. The van der Waals surface area contributed by atoms with Crippen LogP contribution < -0.4 is 0 Å². The number of esters is 1. The highest BCUT2D eigenvalue weighted by atomic mass is 127. The van der Waals surface area contributed by atoms with Crippen molar-refractivity contribution in [3.8, 4) is 11.8 Å². The zero-order valence-corrected chi connectivity index (χ0v) is 16.6. The van der Waals surface area contributed by atoms with E-state index in [1.54, 1.807) is 6.08 Å². The summed E-state index contributed by atoms with van der Waals surface area (Å²) < 4.78 is 16.6. The molecule has 134 valence electrons. The normalized spacial score (nSPS) is 24.0. The molecule has 5 nitrogen and oxygen atoms in total. The molecule has 0 N–H and O–H groups in total. The Morgan fingerprint density at radius 1 is 1.42 bits per heavy atom. The van der Waals surface area contributed by atoms with Gasteiger partial charge in [-0.1, -0.05) is 28.7 Å². The first-order valence-corrected chi connectivity index (χ1v) is 9.26. The molecule has 0 spiro atoms. The van der Waals surface area contributed by atoms with Crippen LogP contribution in [0.3, 0.4) is 0 Å². The SMILES string of the molecule is COC(=O)CCCC#CC[C@H](I)[C@@H]1C[C@H](C=CC=O)OC(C)(C)O1. The third-order valence-electron chi connectivity index (χ3n) is 3.48. The molecule has 0 unspecified atom stereocenters. The van der Waals surface area contributed by atoms with Crippen LogP contribution in [0.5, 0.6) is 0 Å². The Balaban J connectivity index is 2.45. The highest BCUT2D eigenvalue weighted by Crippen LogP contribution is 2.32. The van der Waals surface area contributed by atoms with Gasteiger partial charge in [0.05, 0.1) is 19.3 Å². The molecule has 0 aromatic rings. The maximum absolute atomic E-state index is 11.0. The van der Waals surface area contributed by atoms with Gasteiger partial charge >= 0.3 is 5.97 Å². The first-order chi connectivity index (χ1) is 11.4. The number of methoxy groups -OCH3 is 1. The number of hydrogen-bond donors (Lipinski definition) is 0. The van der Waals surface area contributed by atoms with Crippen LogP contribution in [0.25, 0.3) is 0 Å². The van der Waals surface area contributed by atoms with Crippen molar-refractivity contribution in [3.05, 3.63) is 12.2 Å². The van der Waals surface area contributed by atoms with Gasteiger partial charge in [-0.15, -0.1) is 11.8 Å². The molecule has 0 aliphatic carbocycles.